The van der Waals surface area contributed by atoms with E-state index in [0.29, 0.717) is 6.54 Å². The molecule has 3 aromatic rings. The van der Waals surface area contributed by atoms with Gasteiger partial charge in [-0.25, -0.2) is 0 Å². The Morgan fingerprint density at radius 1 is 1.09 bits per heavy atom. The lowest BCUT2D eigenvalue weighted by Gasteiger charge is -2.19. The average Bonchev–Trinajstić information content (AvgIpc) is 2.97. The summed E-state index contributed by atoms with van der Waals surface area (Å²) in [6, 6.07) is 9.79. The van der Waals surface area contributed by atoms with Crippen molar-refractivity contribution in [3.63, 3.8) is 0 Å². The molecule has 0 saturated heterocycles. The Balaban J connectivity index is 1.93. The summed E-state index contributed by atoms with van der Waals surface area (Å²) in [4.78, 5) is 16.2. The van der Waals surface area contributed by atoms with Crippen molar-refractivity contribution in [1.82, 2.24) is 20.1 Å². The second-order valence-electron chi connectivity index (χ2n) is 5.64. The van der Waals surface area contributed by atoms with Crippen molar-refractivity contribution in [2.24, 2.45) is 7.05 Å². The molecule has 3 heterocycles. The molecule has 0 spiro atoms. The van der Waals surface area contributed by atoms with E-state index in [0.717, 1.165) is 39.9 Å². The molecule has 2 aromatic heterocycles. The first-order valence-corrected chi connectivity index (χ1v) is 7.58. The van der Waals surface area contributed by atoms with E-state index < -0.39 is 0 Å². The summed E-state index contributed by atoms with van der Waals surface area (Å²) in [6.45, 7) is 0.674. The number of fused-ring (bicyclic) bond motifs is 1. The summed E-state index contributed by atoms with van der Waals surface area (Å²) in [5.74, 6) is 0.00227. The van der Waals surface area contributed by atoms with Crippen molar-refractivity contribution in [3.05, 3.63) is 60.0 Å². The van der Waals surface area contributed by atoms with Gasteiger partial charge in [0.25, 0.3) is 5.91 Å². The molecule has 0 atom stereocenters. The van der Waals surface area contributed by atoms with Crippen LogP contribution in [0.15, 0.2) is 48.9 Å². The first kappa shape index (κ1) is 13.7. The van der Waals surface area contributed by atoms with Crippen LogP contribution in [0, 0.1) is 0 Å². The molecule has 0 aliphatic carbocycles. The van der Waals surface area contributed by atoms with Crippen molar-refractivity contribution < 1.29 is 4.79 Å². The van der Waals surface area contributed by atoms with Crippen LogP contribution in [0.3, 0.4) is 0 Å². The van der Waals surface area contributed by atoms with Gasteiger partial charge in [-0.2, -0.15) is 5.10 Å². The first-order chi connectivity index (χ1) is 11.2. The van der Waals surface area contributed by atoms with Gasteiger partial charge in [0.2, 0.25) is 0 Å². The number of aryl methyl sites for hydroxylation is 1. The fourth-order valence-electron chi connectivity index (χ4n) is 3.13. The van der Waals surface area contributed by atoms with Crippen LogP contribution in [0.5, 0.6) is 0 Å². The van der Waals surface area contributed by atoms with E-state index in [4.69, 9.17) is 0 Å². The fraction of sp³-hybridized carbons (Fsp3) is 0.167. The van der Waals surface area contributed by atoms with E-state index in [9.17, 15) is 4.79 Å². The molecule has 0 radical (unpaired) electrons. The highest BCUT2D eigenvalue weighted by atomic mass is 16.1. The zero-order valence-corrected chi connectivity index (χ0v) is 12.8. The van der Waals surface area contributed by atoms with E-state index in [-0.39, 0.29) is 5.91 Å². The van der Waals surface area contributed by atoms with Gasteiger partial charge in [-0.05, 0) is 35.7 Å². The van der Waals surface area contributed by atoms with Crippen molar-refractivity contribution in [2.75, 3.05) is 6.54 Å². The molecule has 1 aromatic carbocycles. The molecule has 5 heteroatoms. The third-order valence-corrected chi connectivity index (χ3v) is 4.15. The van der Waals surface area contributed by atoms with Crippen molar-refractivity contribution in [3.8, 4) is 22.4 Å². The number of nitrogens with zero attached hydrogens (tertiary/aromatic N) is 3. The Labute approximate surface area is 134 Å². The van der Waals surface area contributed by atoms with E-state index in [1.165, 1.54) is 0 Å². The normalized spacial score (nSPS) is 13.5. The first-order valence-electron chi connectivity index (χ1n) is 7.58. The second kappa shape index (κ2) is 5.35. The lowest BCUT2D eigenvalue weighted by atomic mass is 9.90. The van der Waals surface area contributed by atoms with Crippen LogP contribution in [0.4, 0.5) is 0 Å². The van der Waals surface area contributed by atoms with Crippen LogP contribution in [0.25, 0.3) is 22.4 Å². The van der Waals surface area contributed by atoms with Crippen molar-refractivity contribution >= 4 is 5.91 Å². The van der Waals surface area contributed by atoms with E-state index in [1.54, 1.807) is 12.4 Å². The number of hydrogen-bond acceptors (Lipinski definition) is 3. The zero-order valence-electron chi connectivity index (χ0n) is 12.8. The molecule has 1 amide bonds. The summed E-state index contributed by atoms with van der Waals surface area (Å²) in [5, 5.41) is 7.51. The Bertz CT molecular complexity index is 883. The molecular weight excluding hydrogens is 288 g/mol. The number of carbonyl (C=O) groups excluding carboxylic acids is 1. The summed E-state index contributed by atoms with van der Waals surface area (Å²) < 4.78 is 1.81. The van der Waals surface area contributed by atoms with Crippen LogP contribution in [0.2, 0.25) is 0 Å². The summed E-state index contributed by atoms with van der Waals surface area (Å²) >= 11 is 0. The standard InChI is InChI=1S/C18H16N4O/c1-22-11-16(17(21-22)12-5-8-19-9-6-12)13-3-2-4-15-14(13)7-10-20-18(15)23/h2-6,8-9,11H,7,10H2,1H3,(H,20,23). The molecule has 0 saturated carbocycles. The van der Waals surface area contributed by atoms with Gasteiger partial charge in [-0.15, -0.1) is 0 Å². The topological polar surface area (TPSA) is 59.8 Å². The Morgan fingerprint density at radius 2 is 1.87 bits per heavy atom. The second-order valence-corrected chi connectivity index (χ2v) is 5.64. The van der Waals surface area contributed by atoms with Crippen LogP contribution in [-0.2, 0) is 13.5 Å². The Morgan fingerprint density at radius 3 is 2.70 bits per heavy atom. The van der Waals surface area contributed by atoms with Gasteiger partial charge in [0.05, 0.1) is 0 Å². The smallest absolute Gasteiger partial charge is 0.251 e. The van der Waals surface area contributed by atoms with Gasteiger partial charge in [0.15, 0.2) is 0 Å². The van der Waals surface area contributed by atoms with Crippen LogP contribution in [0.1, 0.15) is 15.9 Å². The number of nitrogens with one attached hydrogen (secondary N) is 1. The van der Waals surface area contributed by atoms with E-state index in [1.807, 2.05) is 42.2 Å². The van der Waals surface area contributed by atoms with Crippen LogP contribution < -0.4 is 5.32 Å². The molecule has 23 heavy (non-hydrogen) atoms. The summed E-state index contributed by atoms with van der Waals surface area (Å²) in [6.07, 6.45) is 6.38. The largest absolute Gasteiger partial charge is 0.352 e. The number of pyridine rings is 1. The van der Waals surface area contributed by atoms with Gasteiger partial charge < -0.3 is 5.32 Å². The van der Waals surface area contributed by atoms with Crippen molar-refractivity contribution in [1.29, 1.82) is 0 Å². The molecule has 1 aliphatic heterocycles. The average molecular weight is 304 g/mol. The molecule has 1 N–H and O–H groups in total. The zero-order chi connectivity index (χ0) is 15.8. The lowest BCUT2D eigenvalue weighted by molar-refractivity contribution is 0.0946. The maximum absolute atomic E-state index is 12.1. The Kier molecular flexibility index (Phi) is 3.19. The molecule has 0 bridgehead atoms. The highest BCUT2D eigenvalue weighted by Gasteiger charge is 2.22. The van der Waals surface area contributed by atoms with Gasteiger partial charge in [0, 0.05) is 48.9 Å². The maximum Gasteiger partial charge on any atom is 0.251 e. The van der Waals surface area contributed by atoms with Crippen LogP contribution >= 0.6 is 0 Å². The highest BCUT2D eigenvalue weighted by Crippen LogP contribution is 2.34. The minimum absolute atomic E-state index is 0.00227. The quantitative estimate of drug-likeness (QED) is 0.791. The number of rotatable bonds is 2. The van der Waals surface area contributed by atoms with Gasteiger partial charge >= 0.3 is 0 Å². The third-order valence-electron chi connectivity index (χ3n) is 4.15. The third kappa shape index (κ3) is 2.30. The van der Waals surface area contributed by atoms with Crippen LogP contribution in [-0.4, -0.2) is 27.2 Å². The number of carbonyl (C=O) groups is 1. The molecule has 4 rings (SSSR count). The van der Waals surface area contributed by atoms with E-state index >= 15 is 0 Å². The minimum atomic E-state index is 0.00227. The summed E-state index contributed by atoms with van der Waals surface area (Å²) in [5.41, 5.74) is 5.92. The molecular formula is C18H16N4O. The molecule has 1 aliphatic rings. The van der Waals surface area contributed by atoms with Crippen molar-refractivity contribution in [2.45, 2.75) is 6.42 Å². The molecule has 114 valence electrons. The van der Waals surface area contributed by atoms with Gasteiger partial charge in [-0.3, -0.25) is 14.5 Å². The maximum atomic E-state index is 12.1. The monoisotopic (exact) mass is 304 g/mol. The van der Waals surface area contributed by atoms with Gasteiger partial charge in [0.1, 0.15) is 5.69 Å². The molecule has 5 nitrogen and oxygen atoms in total. The molecule has 0 fully saturated rings. The van der Waals surface area contributed by atoms with Gasteiger partial charge in [-0.1, -0.05) is 12.1 Å². The number of hydrogen-bond donors (Lipinski definition) is 1. The van der Waals surface area contributed by atoms with E-state index in [2.05, 4.69) is 21.5 Å². The molecule has 0 unspecified atom stereocenters. The number of amides is 1. The SMILES string of the molecule is Cn1cc(-c2cccc3c2CCNC3=O)c(-c2ccncc2)n1. The number of benzene rings is 1. The summed E-state index contributed by atoms with van der Waals surface area (Å²) in [7, 11) is 1.91. The fourth-order valence-corrected chi connectivity index (χ4v) is 3.13. The predicted octanol–water partition coefficient (Wildman–Crippen LogP) is 2.44. The highest BCUT2D eigenvalue weighted by molar-refractivity contribution is 5.99. The lowest BCUT2D eigenvalue weighted by Crippen LogP contribution is -2.32. The minimum Gasteiger partial charge on any atom is -0.352 e. The predicted molar refractivity (Wildman–Crippen MR) is 87.9 cm³/mol. The Hall–Kier alpha value is -2.95. The number of aromatic nitrogens is 3.